The van der Waals surface area contributed by atoms with E-state index in [1.54, 1.807) is 0 Å². The maximum atomic E-state index is 10.4. The number of rotatable bonds is 3. The van der Waals surface area contributed by atoms with E-state index in [4.69, 9.17) is 4.98 Å². The summed E-state index contributed by atoms with van der Waals surface area (Å²) in [5, 5.41) is 15.0. The van der Waals surface area contributed by atoms with Crippen LogP contribution in [0.4, 0.5) is 0 Å². The average Bonchev–Trinajstić information content (AvgIpc) is 3.54. The lowest BCUT2D eigenvalue weighted by atomic mass is 9.96. The first-order valence-corrected chi connectivity index (χ1v) is 13.3. The van der Waals surface area contributed by atoms with E-state index in [1.807, 2.05) is 24.4 Å². The Kier molecular flexibility index (Phi) is 4.85. The van der Waals surface area contributed by atoms with Crippen LogP contribution in [0.15, 0.2) is 134 Å². The van der Waals surface area contributed by atoms with E-state index in [1.165, 1.54) is 10.8 Å². The molecule has 4 heteroatoms. The van der Waals surface area contributed by atoms with E-state index in [2.05, 4.69) is 124 Å². The normalized spacial score (nSPS) is 11.5. The fourth-order valence-corrected chi connectivity index (χ4v) is 6.20. The molecule has 0 unspecified atom stereocenters. The highest BCUT2D eigenvalue weighted by molar-refractivity contribution is 6.11. The number of pyridine rings is 1. The number of nitriles is 1. The second-order valence-electron chi connectivity index (χ2n) is 9.93. The van der Waals surface area contributed by atoms with E-state index in [0.29, 0.717) is 5.56 Å². The predicted octanol–water partition coefficient (Wildman–Crippen LogP) is 8.81. The molecule has 0 radical (unpaired) electrons. The zero-order valence-electron chi connectivity index (χ0n) is 21.5. The number of fused-ring (bicyclic) bond motifs is 6. The van der Waals surface area contributed by atoms with Gasteiger partial charge in [0.15, 0.2) is 0 Å². The molecule has 40 heavy (non-hydrogen) atoms. The lowest BCUT2D eigenvalue weighted by Crippen LogP contribution is -2.03. The highest BCUT2D eigenvalue weighted by Gasteiger charge is 2.22. The molecular formula is C36H22N4. The number of nitrogens with zero attached hydrogens (tertiary/aromatic N) is 4. The molecule has 3 aromatic heterocycles. The van der Waals surface area contributed by atoms with Crippen LogP contribution in [-0.4, -0.2) is 14.1 Å². The van der Waals surface area contributed by atoms with Gasteiger partial charge in [-0.05, 0) is 48.5 Å². The second kappa shape index (κ2) is 8.69. The zero-order valence-corrected chi connectivity index (χ0v) is 21.5. The molecule has 0 fully saturated rings. The van der Waals surface area contributed by atoms with Crippen LogP contribution in [0.5, 0.6) is 0 Å². The van der Waals surface area contributed by atoms with Crippen molar-refractivity contribution in [3.8, 4) is 28.6 Å². The van der Waals surface area contributed by atoms with E-state index >= 15 is 0 Å². The Morgan fingerprint density at radius 3 is 1.75 bits per heavy atom. The number of benzene rings is 5. The van der Waals surface area contributed by atoms with Crippen LogP contribution in [-0.2, 0) is 0 Å². The van der Waals surface area contributed by atoms with Crippen molar-refractivity contribution in [3.63, 3.8) is 0 Å². The van der Waals surface area contributed by atoms with Gasteiger partial charge >= 0.3 is 0 Å². The van der Waals surface area contributed by atoms with E-state index < -0.39 is 0 Å². The van der Waals surface area contributed by atoms with E-state index in [9.17, 15) is 5.26 Å². The van der Waals surface area contributed by atoms with Gasteiger partial charge in [0, 0.05) is 38.9 Å². The molecule has 5 aromatic carbocycles. The lowest BCUT2D eigenvalue weighted by molar-refractivity contribution is 1.13. The van der Waals surface area contributed by atoms with Crippen LogP contribution in [0.1, 0.15) is 5.56 Å². The quantitative estimate of drug-likeness (QED) is 0.238. The Labute approximate surface area is 230 Å². The molecule has 0 saturated carbocycles. The fraction of sp³-hybridized carbons (Fsp3) is 0. The second-order valence-corrected chi connectivity index (χ2v) is 9.93. The summed E-state index contributed by atoms with van der Waals surface area (Å²) >= 11 is 0. The van der Waals surface area contributed by atoms with Gasteiger partial charge in [-0.1, -0.05) is 78.9 Å². The summed E-state index contributed by atoms with van der Waals surface area (Å²) in [6.07, 6.45) is 1.83. The molecule has 3 heterocycles. The van der Waals surface area contributed by atoms with Gasteiger partial charge in [0.25, 0.3) is 0 Å². The van der Waals surface area contributed by atoms with Crippen molar-refractivity contribution in [1.29, 1.82) is 5.26 Å². The molecule has 0 N–H and O–H groups in total. The molecule has 0 spiro atoms. The molecule has 0 aliphatic rings. The van der Waals surface area contributed by atoms with Crippen LogP contribution in [0.25, 0.3) is 66.2 Å². The van der Waals surface area contributed by atoms with Gasteiger partial charge in [-0.15, -0.1) is 0 Å². The third-order valence-electron chi connectivity index (χ3n) is 7.83. The third-order valence-corrected chi connectivity index (χ3v) is 7.83. The van der Waals surface area contributed by atoms with Crippen LogP contribution in [0, 0.1) is 11.3 Å². The van der Waals surface area contributed by atoms with Crippen molar-refractivity contribution in [1.82, 2.24) is 14.1 Å². The summed E-state index contributed by atoms with van der Waals surface area (Å²) in [5.41, 5.74) is 8.63. The average molecular weight is 511 g/mol. The minimum Gasteiger partial charge on any atom is -0.309 e. The number of aromatic nitrogens is 3. The van der Waals surface area contributed by atoms with Crippen LogP contribution in [0.2, 0.25) is 0 Å². The lowest BCUT2D eigenvalue weighted by Gasteiger charge is -2.19. The van der Waals surface area contributed by atoms with E-state index in [0.717, 1.165) is 55.5 Å². The molecule has 4 nitrogen and oxygen atoms in total. The van der Waals surface area contributed by atoms with Gasteiger partial charge in [-0.3, -0.25) is 4.57 Å². The van der Waals surface area contributed by atoms with Gasteiger partial charge in [0.2, 0.25) is 0 Å². The van der Waals surface area contributed by atoms with Gasteiger partial charge in [-0.2, -0.15) is 5.26 Å². The Hall–Kier alpha value is -5.66. The fourth-order valence-electron chi connectivity index (χ4n) is 6.20. The number of para-hydroxylation sites is 4. The molecule has 0 atom stereocenters. The summed E-state index contributed by atoms with van der Waals surface area (Å²) in [4.78, 5) is 4.81. The highest BCUT2D eigenvalue weighted by atomic mass is 15.1. The van der Waals surface area contributed by atoms with Gasteiger partial charge < -0.3 is 4.57 Å². The standard InChI is InChI=1S/C36H22N4/c37-23-24-11-9-21-34(40-32-19-7-3-14-27(32)28-16-10-22-38-36(28)40)35(24)29-15-4-8-20-33(29)39-30-17-5-1-12-25(30)26-13-2-6-18-31(26)39/h1-22H. The largest absolute Gasteiger partial charge is 0.309 e. The number of hydrogen-bond donors (Lipinski definition) is 0. The first-order valence-electron chi connectivity index (χ1n) is 13.3. The van der Waals surface area contributed by atoms with Crippen molar-refractivity contribution < 1.29 is 0 Å². The minimum atomic E-state index is 0.618. The van der Waals surface area contributed by atoms with Crippen LogP contribution < -0.4 is 0 Å². The minimum absolute atomic E-state index is 0.618. The van der Waals surface area contributed by atoms with E-state index in [-0.39, 0.29) is 0 Å². The predicted molar refractivity (Wildman–Crippen MR) is 163 cm³/mol. The highest BCUT2D eigenvalue weighted by Crippen LogP contribution is 2.41. The molecule has 8 rings (SSSR count). The van der Waals surface area contributed by atoms with Gasteiger partial charge in [0.05, 0.1) is 39.6 Å². The van der Waals surface area contributed by atoms with Gasteiger partial charge in [0.1, 0.15) is 5.65 Å². The first-order chi connectivity index (χ1) is 19.8. The third kappa shape index (κ3) is 3.09. The summed E-state index contributed by atoms with van der Waals surface area (Å²) in [6, 6.07) is 46.3. The van der Waals surface area contributed by atoms with Crippen molar-refractivity contribution in [2.45, 2.75) is 0 Å². The Bertz CT molecular complexity index is 2190. The van der Waals surface area contributed by atoms with Crippen molar-refractivity contribution in [3.05, 3.63) is 139 Å². The molecule has 0 saturated heterocycles. The SMILES string of the molecule is N#Cc1cccc(-n2c3ccccc3c3cccnc32)c1-c1ccccc1-n1c2ccccc2c2ccccc21. The van der Waals surface area contributed by atoms with Crippen molar-refractivity contribution in [2.75, 3.05) is 0 Å². The Morgan fingerprint density at radius 2 is 1.05 bits per heavy atom. The molecule has 8 aromatic rings. The maximum absolute atomic E-state index is 10.4. The maximum Gasteiger partial charge on any atom is 0.145 e. The summed E-state index contributed by atoms with van der Waals surface area (Å²) in [5.74, 6) is 0. The molecule has 0 aliphatic heterocycles. The zero-order chi connectivity index (χ0) is 26.6. The molecule has 0 aliphatic carbocycles. The van der Waals surface area contributed by atoms with Crippen molar-refractivity contribution >= 4 is 43.7 Å². The molecule has 0 amide bonds. The summed E-state index contributed by atoms with van der Waals surface area (Å²) in [6.45, 7) is 0. The van der Waals surface area contributed by atoms with Crippen molar-refractivity contribution in [2.24, 2.45) is 0 Å². The smallest absolute Gasteiger partial charge is 0.145 e. The van der Waals surface area contributed by atoms with Crippen LogP contribution in [0.3, 0.4) is 0 Å². The topological polar surface area (TPSA) is 46.5 Å². The first kappa shape index (κ1) is 22.3. The Morgan fingerprint density at radius 1 is 0.500 bits per heavy atom. The summed E-state index contributed by atoms with van der Waals surface area (Å²) in [7, 11) is 0. The van der Waals surface area contributed by atoms with Crippen LogP contribution >= 0.6 is 0 Å². The summed E-state index contributed by atoms with van der Waals surface area (Å²) < 4.78 is 4.52. The molecule has 186 valence electrons. The monoisotopic (exact) mass is 510 g/mol. The molecule has 0 bridgehead atoms. The number of hydrogen-bond acceptors (Lipinski definition) is 2. The Balaban J connectivity index is 1.51. The molecular weight excluding hydrogens is 488 g/mol. The van der Waals surface area contributed by atoms with Gasteiger partial charge in [-0.25, -0.2) is 4.98 Å².